The highest BCUT2D eigenvalue weighted by atomic mass is 16.2. The predicted octanol–water partition coefficient (Wildman–Crippen LogP) is 1.80. The van der Waals surface area contributed by atoms with Gasteiger partial charge in [-0.1, -0.05) is 30.0 Å². The van der Waals surface area contributed by atoms with Crippen molar-refractivity contribution in [2.24, 2.45) is 5.92 Å². The van der Waals surface area contributed by atoms with Crippen LogP contribution in [0.25, 0.3) is 0 Å². The van der Waals surface area contributed by atoms with E-state index in [0.29, 0.717) is 0 Å². The Hall–Kier alpha value is -1.34. The maximum absolute atomic E-state index is 8.85. The molecule has 1 aliphatic heterocycles. The molecular formula is C18H26N2O. The summed E-state index contributed by atoms with van der Waals surface area (Å²) in [5, 5.41) is 8.85. The first-order valence-corrected chi connectivity index (χ1v) is 7.73. The zero-order valence-corrected chi connectivity index (χ0v) is 13.2. The Kier molecular flexibility index (Phi) is 6.25. The first-order valence-electron chi connectivity index (χ1n) is 7.73. The molecule has 21 heavy (non-hydrogen) atoms. The quantitative estimate of drug-likeness (QED) is 0.855. The van der Waals surface area contributed by atoms with Gasteiger partial charge in [0.25, 0.3) is 0 Å². The van der Waals surface area contributed by atoms with Gasteiger partial charge in [0.2, 0.25) is 0 Å². The monoisotopic (exact) mass is 286 g/mol. The summed E-state index contributed by atoms with van der Waals surface area (Å²) in [7, 11) is 4.39. The normalized spacial score (nSPS) is 16.8. The minimum absolute atomic E-state index is 0.0836. The maximum Gasteiger partial charge on any atom is 0.104 e. The SMILES string of the molecule is CN1CCC(CN(C)Cc2ccccc2C#CCO)CC1. The third-order valence-corrected chi connectivity index (χ3v) is 4.17. The first kappa shape index (κ1) is 16.0. The van der Waals surface area contributed by atoms with Crippen molar-refractivity contribution >= 4 is 0 Å². The Morgan fingerprint density at radius 1 is 1.29 bits per heavy atom. The Bertz CT molecular complexity index is 495. The minimum Gasteiger partial charge on any atom is -0.384 e. The zero-order valence-electron chi connectivity index (χ0n) is 13.2. The number of nitrogens with zero attached hydrogens (tertiary/aromatic N) is 2. The fourth-order valence-corrected chi connectivity index (χ4v) is 2.96. The molecule has 1 saturated heterocycles. The van der Waals surface area contributed by atoms with Gasteiger partial charge >= 0.3 is 0 Å². The van der Waals surface area contributed by atoms with Gasteiger partial charge in [-0.25, -0.2) is 0 Å². The smallest absolute Gasteiger partial charge is 0.104 e. The molecule has 1 aromatic rings. The molecule has 0 radical (unpaired) electrons. The van der Waals surface area contributed by atoms with E-state index in [0.717, 1.165) is 24.6 Å². The van der Waals surface area contributed by atoms with E-state index in [1.807, 2.05) is 12.1 Å². The molecule has 0 aliphatic carbocycles. The lowest BCUT2D eigenvalue weighted by atomic mass is 9.96. The third kappa shape index (κ3) is 5.17. The number of aliphatic hydroxyl groups is 1. The van der Waals surface area contributed by atoms with Crippen molar-refractivity contribution in [1.82, 2.24) is 9.80 Å². The molecule has 0 atom stereocenters. The van der Waals surface area contributed by atoms with Crippen LogP contribution in [0.3, 0.4) is 0 Å². The molecule has 1 aliphatic rings. The molecule has 1 aromatic carbocycles. The Labute approximate surface area is 128 Å². The lowest BCUT2D eigenvalue weighted by Gasteiger charge is -2.31. The van der Waals surface area contributed by atoms with E-state index >= 15 is 0 Å². The number of rotatable bonds is 4. The fraction of sp³-hybridized carbons (Fsp3) is 0.556. The van der Waals surface area contributed by atoms with E-state index in [2.05, 4.69) is 47.9 Å². The van der Waals surface area contributed by atoms with Gasteiger partial charge in [-0.2, -0.15) is 0 Å². The predicted molar refractivity (Wildman–Crippen MR) is 87.0 cm³/mol. The molecule has 1 heterocycles. The summed E-state index contributed by atoms with van der Waals surface area (Å²) in [4.78, 5) is 4.81. The van der Waals surface area contributed by atoms with Crippen molar-refractivity contribution in [3.63, 3.8) is 0 Å². The van der Waals surface area contributed by atoms with E-state index in [9.17, 15) is 0 Å². The number of aliphatic hydroxyl groups excluding tert-OH is 1. The summed E-state index contributed by atoms with van der Waals surface area (Å²) in [5.74, 6) is 6.60. The molecule has 0 bridgehead atoms. The van der Waals surface area contributed by atoms with Crippen molar-refractivity contribution in [3.8, 4) is 11.8 Å². The Morgan fingerprint density at radius 2 is 2.00 bits per heavy atom. The Balaban J connectivity index is 1.92. The molecule has 0 saturated carbocycles. The van der Waals surface area contributed by atoms with Crippen LogP contribution in [0.5, 0.6) is 0 Å². The van der Waals surface area contributed by atoms with Crippen molar-refractivity contribution in [1.29, 1.82) is 0 Å². The summed E-state index contributed by atoms with van der Waals surface area (Å²) >= 11 is 0. The molecule has 0 aromatic heterocycles. The second-order valence-corrected chi connectivity index (χ2v) is 6.06. The average Bonchev–Trinajstić information content (AvgIpc) is 2.49. The first-order chi connectivity index (χ1) is 10.2. The third-order valence-electron chi connectivity index (χ3n) is 4.17. The second-order valence-electron chi connectivity index (χ2n) is 6.06. The van der Waals surface area contributed by atoms with E-state index in [1.54, 1.807) is 0 Å². The summed E-state index contributed by atoms with van der Waals surface area (Å²) in [6.07, 6.45) is 2.60. The lowest BCUT2D eigenvalue weighted by molar-refractivity contribution is 0.173. The van der Waals surface area contributed by atoms with Gasteiger partial charge in [-0.15, -0.1) is 0 Å². The van der Waals surface area contributed by atoms with Crippen molar-refractivity contribution in [2.75, 3.05) is 40.3 Å². The average molecular weight is 286 g/mol. The molecule has 0 spiro atoms. The number of hydrogen-bond donors (Lipinski definition) is 1. The fourth-order valence-electron chi connectivity index (χ4n) is 2.96. The molecule has 2 rings (SSSR count). The molecule has 0 amide bonds. The van der Waals surface area contributed by atoms with Crippen molar-refractivity contribution in [2.45, 2.75) is 19.4 Å². The van der Waals surface area contributed by atoms with Crippen LogP contribution in [-0.4, -0.2) is 55.2 Å². The van der Waals surface area contributed by atoms with Crippen LogP contribution in [-0.2, 0) is 6.54 Å². The minimum atomic E-state index is -0.0836. The number of hydrogen-bond acceptors (Lipinski definition) is 3. The molecule has 114 valence electrons. The maximum atomic E-state index is 8.85. The highest BCUT2D eigenvalue weighted by molar-refractivity contribution is 5.41. The van der Waals surface area contributed by atoms with Gasteiger partial charge in [-0.05, 0) is 57.6 Å². The number of piperidine rings is 1. The standard InChI is InChI=1S/C18H26N2O/c1-19-11-9-16(10-12-19)14-20(2)15-18-7-4-3-6-17(18)8-5-13-21/h3-4,6-7,16,21H,9-15H2,1-2H3. The van der Waals surface area contributed by atoms with Crippen LogP contribution in [0, 0.1) is 17.8 Å². The number of benzene rings is 1. The van der Waals surface area contributed by atoms with Crippen molar-refractivity contribution < 1.29 is 5.11 Å². The van der Waals surface area contributed by atoms with Crippen LogP contribution in [0.15, 0.2) is 24.3 Å². The van der Waals surface area contributed by atoms with Gasteiger partial charge in [-0.3, -0.25) is 0 Å². The van der Waals surface area contributed by atoms with Crippen LogP contribution in [0.2, 0.25) is 0 Å². The molecule has 0 unspecified atom stereocenters. The van der Waals surface area contributed by atoms with E-state index < -0.39 is 0 Å². The molecule has 1 fully saturated rings. The summed E-state index contributed by atoms with van der Waals surface area (Å²) in [5.41, 5.74) is 2.27. The van der Waals surface area contributed by atoms with Crippen LogP contribution in [0.4, 0.5) is 0 Å². The van der Waals surface area contributed by atoms with Gasteiger partial charge < -0.3 is 14.9 Å². The highest BCUT2D eigenvalue weighted by Gasteiger charge is 2.18. The largest absolute Gasteiger partial charge is 0.384 e. The van der Waals surface area contributed by atoms with Gasteiger partial charge in [0.05, 0.1) is 0 Å². The van der Waals surface area contributed by atoms with E-state index in [1.165, 1.54) is 31.5 Å². The van der Waals surface area contributed by atoms with E-state index in [-0.39, 0.29) is 6.61 Å². The van der Waals surface area contributed by atoms with Crippen LogP contribution in [0.1, 0.15) is 24.0 Å². The van der Waals surface area contributed by atoms with Gasteiger partial charge in [0.15, 0.2) is 0 Å². The van der Waals surface area contributed by atoms with Gasteiger partial charge in [0.1, 0.15) is 6.61 Å². The summed E-state index contributed by atoms with van der Waals surface area (Å²) < 4.78 is 0. The Morgan fingerprint density at radius 3 is 2.71 bits per heavy atom. The highest BCUT2D eigenvalue weighted by Crippen LogP contribution is 2.18. The second kappa shape index (κ2) is 8.19. The molecule has 3 heteroatoms. The molecular weight excluding hydrogens is 260 g/mol. The number of likely N-dealkylation sites (tertiary alicyclic amines) is 1. The molecule has 3 nitrogen and oxygen atoms in total. The van der Waals surface area contributed by atoms with Crippen LogP contribution < -0.4 is 0 Å². The van der Waals surface area contributed by atoms with Crippen LogP contribution >= 0.6 is 0 Å². The zero-order chi connectivity index (χ0) is 15.1. The summed E-state index contributed by atoms with van der Waals surface area (Å²) in [6.45, 7) is 4.42. The van der Waals surface area contributed by atoms with Crippen molar-refractivity contribution in [3.05, 3.63) is 35.4 Å². The lowest BCUT2D eigenvalue weighted by Crippen LogP contribution is -2.35. The van der Waals surface area contributed by atoms with E-state index in [4.69, 9.17) is 5.11 Å². The molecule has 1 N–H and O–H groups in total. The topological polar surface area (TPSA) is 26.7 Å². The van der Waals surface area contributed by atoms with Gasteiger partial charge in [0, 0.05) is 18.7 Å². The summed E-state index contributed by atoms with van der Waals surface area (Å²) in [6, 6.07) is 8.22.